The molecule has 2 aromatic rings. The summed E-state index contributed by atoms with van der Waals surface area (Å²) in [6.07, 6.45) is 0. The van der Waals surface area contributed by atoms with Crippen molar-refractivity contribution in [2.45, 2.75) is 24.8 Å². The first-order chi connectivity index (χ1) is 12.4. The van der Waals surface area contributed by atoms with Crippen molar-refractivity contribution < 1.29 is 17.3 Å². The van der Waals surface area contributed by atoms with Gasteiger partial charge in [0.2, 0.25) is 10.0 Å². The summed E-state index contributed by atoms with van der Waals surface area (Å²) in [6.45, 7) is 4.22. The van der Waals surface area contributed by atoms with Crippen molar-refractivity contribution in [2.24, 2.45) is 0 Å². The highest BCUT2D eigenvalue weighted by Crippen LogP contribution is 2.27. The molecule has 7 nitrogen and oxygen atoms in total. The zero-order valence-electron chi connectivity index (χ0n) is 14.5. The van der Waals surface area contributed by atoms with Gasteiger partial charge in [-0.2, -0.15) is 9.57 Å². The molecule has 1 atom stereocenters. The Hall–Kier alpha value is -2.28. The summed E-state index contributed by atoms with van der Waals surface area (Å²) in [5.74, 6) is -0.184. The molecule has 1 saturated heterocycles. The molecule has 1 fully saturated rings. The van der Waals surface area contributed by atoms with E-state index in [9.17, 15) is 18.1 Å². The van der Waals surface area contributed by atoms with E-state index in [1.807, 2.05) is 0 Å². The number of aromatic nitrogens is 1. The second-order valence-corrected chi connectivity index (χ2v) is 8.02. The van der Waals surface area contributed by atoms with E-state index in [1.54, 1.807) is 36.9 Å². The van der Waals surface area contributed by atoms with Crippen LogP contribution in [0.5, 0.6) is 0 Å². The molecule has 0 bridgehead atoms. The van der Waals surface area contributed by atoms with E-state index in [0.29, 0.717) is 24.3 Å². The maximum Gasteiger partial charge on any atom is 0.248 e. The second kappa shape index (κ2) is 7.15. The first kappa shape index (κ1) is 18.5. The third-order valence-electron chi connectivity index (χ3n) is 4.53. The molecule has 1 aliphatic rings. The fourth-order valence-corrected chi connectivity index (χ4v) is 4.93. The van der Waals surface area contributed by atoms with E-state index < -0.39 is 21.9 Å². The number of hydrogen-bond donors (Lipinski definition) is 0. The SMILES string of the molecule is Cc1noc(C)c1S(=O)(=O)N1CCN(C(C#N)c2ccccc2F)CC1. The minimum absolute atomic E-state index is 0.0943. The molecule has 0 aliphatic carbocycles. The zero-order chi connectivity index (χ0) is 18.9. The van der Waals surface area contributed by atoms with Crippen molar-refractivity contribution in [3.8, 4) is 6.07 Å². The first-order valence-corrected chi connectivity index (χ1v) is 9.61. The molecule has 0 saturated carbocycles. The Balaban J connectivity index is 1.77. The molecule has 3 rings (SSSR count). The number of piperazine rings is 1. The van der Waals surface area contributed by atoms with Crippen molar-refractivity contribution >= 4 is 10.0 Å². The molecule has 0 amide bonds. The molecule has 138 valence electrons. The summed E-state index contributed by atoms with van der Waals surface area (Å²) in [6, 6.07) is 7.52. The number of rotatable bonds is 4. The van der Waals surface area contributed by atoms with E-state index in [0.717, 1.165) is 0 Å². The van der Waals surface area contributed by atoms with Crippen LogP contribution in [0, 0.1) is 31.0 Å². The van der Waals surface area contributed by atoms with Crippen molar-refractivity contribution in [3.63, 3.8) is 0 Å². The minimum Gasteiger partial charge on any atom is -0.360 e. The fraction of sp³-hybridized carbons (Fsp3) is 0.412. The standard InChI is InChI=1S/C17H19FN4O3S/c1-12-17(13(2)25-20-12)26(23,24)22-9-7-21(8-10-22)16(11-19)14-5-3-4-6-15(14)18/h3-6,16H,7-10H2,1-2H3. The minimum atomic E-state index is -3.72. The average molecular weight is 378 g/mol. The molecule has 26 heavy (non-hydrogen) atoms. The van der Waals surface area contributed by atoms with Crippen molar-refractivity contribution in [1.82, 2.24) is 14.4 Å². The number of nitriles is 1. The molecule has 1 aromatic heterocycles. The summed E-state index contributed by atoms with van der Waals surface area (Å²) in [4.78, 5) is 1.88. The van der Waals surface area contributed by atoms with Crippen molar-refractivity contribution in [3.05, 3.63) is 47.1 Å². The third kappa shape index (κ3) is 3.23. The Morgan fingerprint density at radius 2 is 1.88 bits per heavy atom. The monoisotopic (exact) mass is 378 g/mol. The zero-order valence-corrected chi connectivity index (χ0v) is 15.3. The van der Waals surface area contributed by atoms with Gasteiger partial charge in [-0.15, -0.1) is 0 Å². The predicted molar refractivity (Wildman–Crippen MR) is 91.1 cm³/mol. The number of benzene rings is 1. The number of sulfonamides is 1. The van der Waals surface area contributed by atoms with Crippen LogP contribution in [0.25, 0.3) is 0 Å². The largest absolute Gasteiger partial charge is 0.360 e. The lowest BCUT2D eigenvalue weighted by Gasteiger charge is -2.36. The molecule has 9 heteroatoms. The van der Waals surface area contributed by atoms with Crippen LogP contribution in [0.2, 0.25) is 0 Å². The maximum absolute atomic E-state index is 14.0. The Labute approximate surface area is 151 Å². The topological polar surface area (TPSA) is 90.4 Å². The third-order valence-corrected chi connectivity index (χ3v) is 6.67. The Morgan fingerprint density at radius 1 is 1.23 bits per heavy atom. The molecular formula is C17H19FN4O3S. The van der Waals surface area contributed by atoms with Crippen LogP contribution in [0.15, 0.2) is 33.7 Å². The van der Waals surface area contributed by atoms with E-state index in [2.05, 4.69) is 11.2 Å². The molecule has 1 unspecified atom stereocenters. The van der Waals surface area contributed by atoms with E-state index in [4.69, 9.17) is 4.52 Å². The molecule has 0 radical (unpaired) electrons. The van der Waals surface area contributed by atoms with Crippen molar-refractivity contribution in [2.75, 3.05) is 26.2 Å². The Morgan fingerprint density at radius 3 is 2.42 bits per heavy atom. The van der Waals surface area contributed by atoms with Gasteiger partial charge in [-0.05, 0) is 19.9 Å². The molecular weight excluding hydrogens is 359 g/mol. The highest BCUT2D eigenvalue weighted by Gasteiger charge is 2.35. The number of aryl methyl sites for hydroxylation is 2. The molecule has 0 spiro atoms. The maximum atomic E-state index is 14.0. The van der Waals surface area contributed by atoms with Gasteiger partial charge in [0.15, 0.2) is 5.76 Å². The Bertz CT molecular complexity index is 924. The van der Waals surface area contributed by atoms with Crippen LogP contribution in [0.4, 0.5) is 4.39 Å². The van der Waals surface area contributed by atoms with Gasteiger partial charge in [0.1, 0.15) is 22.4 Å². The lowest BCUT2D eigenvalue weighted by atomic mass is 10.1. The van der Waals surface area contributed by atoms with Crippen LogP contribution in [0.3, 0.4) is 0 Å². The first-order valence-electron chi connectivity index (χ1n) is 8.17. The number of nitrogens with zero attached hydrogens (tertiary/aromatic N) is 4. The number of halogens is 1. The van der Waals surface area contributed by atoms with Gasteiger partial charge >= 0.3 is 0 Å². The summed E-state index contributed by atoms with van der Waals surface area (Å²) in [7, 11) is -3.72. The van der Waals surface area contributed by atoms with Crippen molar-refractivity contribution in [1.29, 1.82) is 5.26 Å². The molecule has 1 aromatic carbocycles. The van der Waals surface area contributed by atoms with E-state index in [1.165, 1.54) is 10.4 Å². The van der Waals surface area contributed by atoms with Crippen LogP contribution >= 0.6 is 0 Å². The second-order valence-electron chi connectivity index (χ2n) is 6.15. The highest BCUT2D eigenvalue weighted by molar-refractivity contribution is 7.89. The van der Waals surface area contributed by atoms with Crippen LogP contribution in [0.1, 0.15) is 23.1 Å². The summed E-state index contributed by atoms with van der Waals surface area (Å²) >= 11 is 0. The van der Waals surface area contributed by atoms with Gasteiger partial charge in [0.05, 0.1) is 6.07 Å². The van der Waals surface area contributed by atoms with Gasteiger partial charge in [0, 0.05) is 31.7 Å². The van der Waals surface area contributed by atoms with E-state index in [-0.39, 0.29) is 23.7 Å². The number of hydrogen-bond acceptors (Lipinski definition) is 6. The van der Waals surface area contributed by atoms with Crippen LogP contribution in [-0.4, -0.2) is 49.0 Å². The highest BCUT2D eigenvalue weighted by atomic mass is 32.2. The van der Waals surface area contributed by atoms with Gasteiger partial charge in [-0.3, -0.25) is 4.90 Å². The van der Waals surface area contributed by atoms with Gasteiger partial charge in [-0.1, -0.05) is 23.4 Å². The van der Waals surface area contributed by atoms with E-state index >= 15 is 0 Å². The lowest BCUT2D eigenvalue weighted by Crippen LogP contribution is -2.49. The average Bonchev–Trinajstić information content (AvgIpc) is 2.97. The van der Waals surface area contributed by atoms with Gasteiger partial charge in [0.25, 0.3) is 0 Å². The van der Waals surface area contributed by atoms with Crippen LogP contribution < -0.4 is 0 Å². The lowest BCUT2D eigenvalue weighted by molar-refractivity contribution is 0.160. The summed E-state index contributed by atoms with van der Waals surface area (Å²) < 4.78 is 46.0. The molecule has 2 heterocycles. The summed E-state index contributed by atoms with van der Waals surface area (Å²) in [5.41, 5.74) is 0.628. The fourth-order valence-electron chi connectivity index (χ4n) is 3.22. The molecule has 0 N–H and O–H groups in total. The molecule has 1 aliphatic heterocycles. The smallest absolute Gasteiger partial charge is 0.248 e. The van der Waals surface area contributed by atoms with Crippen LogP contribution in [-0.2, 0) is 10.0 Å². The van der Waals surface area contributed by atoms with Gasteiger partial charge in [-0.25, -0.2) is 12.8 Å². The Kier molecular flexibility index (Phi) is 5.09. The summed E-state index contributed by atoms with van der Waals surface area (Å²) in [5, 5.41) is 13.2. The normalized spacial score (nSPS) is 17.8. The predicted octanol–water partition coefficient (Wildman–Crippen LogP) is 2.00. The quantitative estimate of drug-likeness (QED) is 0.808. The van der Waals surface area contributed by atoms with Gasteiger partial charge < -0.3 is 4.52 Å².